The third-order valence-electron chi connectivity index (χ3n) is 4.62. The van der Waals surface area contributed by atoms with Crippen LogP contribution in [0.5, 0.6) is 5.75 Å². The van der Waals surface area contributed by atoms with Crippen LogP contribution in [0.3, 0.4) is 0 Å². The number of rotatable bonds is 4. The van der Waals surface area contributed by atoms with Crippen LogP contribution < -0.4 is 10.5 Å². The molecule has 0 radical (unpaired) electrons. The Morgan fingerprint density at radius 2 is 2.11 bits per heavy atom. The van der Waals surface area contributed by atoms with Crippen molar-refractivity contribution < 1.29 is 23.5 Å². The molecule has 0 spiro atoms. The maximum absolute atomic E-state index is 12.8. The zero-order chi connectivity index (χ0) is 19.7. The van der Waals surface area contributed by atoms with Gasteiger partial charge in [-0.05, 0) is 36.4 Å². The number of methoxy groups -OCH3 is 1. The zero-order valence-corrected chi connectivity index (χ0v) is 15.3. The minimum absolute atomic E-state index is 0.137. The number of carbonyl (C=O) groups excluding carboxylic acids is 2. The number of nitrogens with zero attached hydrogens (tertiary/aromatic N) is 2. The Morgan fingerprint density at radius 1 is 1.25 bits per heavy atom. The molecule has 1 aliphatic rings. The first-order valence-electron chi connectivity index (χ1n) is 8.80. The maximum atomic E-state index is 12.8. The molecule has 1 atom stereocenters. The van der Waals surface area contributed by atoms with E-state index in [1.807, 2.05) is 24.3 Å². The van der Waals surface area contributed by atoms with E-state index in [4.69, 9.17) is 19.6 Å². The fourth-order valence-corrected chi connectivity index (χ4v) is 3.13. The molecule has 2 amide bonds. The summed E-state index contributed by atoms with van der Waals surface area (Å²) in [4.78, 5) is 30.2. The lowest BCUT2D eigenvalue weighted by Gasteiger charge is -2.31. The molecule has 2 N–H and O–H groups in total. The minimum atomic E-state index is -0.786. The van der Waals surface area contributed by atoms with Crippen LogP contribution in [-0.4, -0.2) is 54.6 Å². The smallest absolute Gasteiger partial charge is 0.254 e. The molecule has 3 aromatic rings. The van der Waals surface area contributed by atoms with Gasteiger partial charge in [0.2, 0.25) is 11.8 Å². The van der Waals surface area contributed by atoms with Crippen molar-refractivity contribution in [2.45, 2.75) is 6.10 Å². The first-order chi connectivity index (χ1) is 13.5. The lowest BCUT2D eigenvalue weighted by Crippen LogP contribution is -2.50. The van der Waals surface area contributed by atoms with E-state index in [0.717, 1.165) is 5.56 Å². The fourth-order valence-electron chi connectivity index (χ4n) is 3.13. The summed E-state index contributed by atoms with van der Waals surface area (Å²) in [5.74, 6) is 0.354. The number of primary amides is 1. The highest BCUT2D eigenvalue weighted by Gasteiger charge is 2.28. The monoisotopic (exact) mass is 381 g/mol. The van der Waals surface area contributed by atoms with E-state index in [9.17, 15) is 9.59 Å². The summed E-state index contributed by atoms with van der Waals surface area (Å²) in [5, 5.41) is 0. The topological polar surface area (TPSA) is 108 Å². The van der Waals surface area contributed by atoms with Crippen molar-refractivity contribution in [3.63, 3.8) is 0 Å². The van der Waals surface area contributed by atoms with Crippen molar-refractivity contribution in [1.29, 1.82) is 0 Å². The van der Waals surface area contributed by atoms with Gasteiger partial charge in [-0.3, -0.25) is 9.59 Å². The average Bonchev–Trinajstić information content (AvgIpc) is 3.16. The second-order valence-corrected chi connectivity index (χ2v) is 6.45. The lowest BCUT2D eigenvalue weighted by molar-refractivity contribution is -0.133. The second kappa shape index (κ2) is 7.32. The van der Waals surface area contributed by atoms with Gasteiger partial charge in [0.15, 0.2) is 11.7 Å². The molecule has 8 heteroatoms. The number of benzene rings is 2. The van der Waals surface area contributed by atoms with Crippen LogP contribution in [0.1, 0.15) is 10.4 Å². The number of ether oxygens (including phenoxy) is 2. The van der Waals surface area contributed by atoms with Crippen LogP contribution in [0.15, 0.2) is 46.9 Å². The van der Waals surface area contributed by atoms with Gasteiger partial charge in [-0.25, -0.2) is 4.98 Å². The minimum Gasteiger partial charge on any atom is -0.497 e. The Morgan fingerprint density at radius 3 is 2.89 bits per heavy atom. The van der Waals surface area contributed by atoms with Crippen LogP contribution in [0.2, 0.25) is 0 Å². The number of aromatic nitrogens is 1. The molecule has 1 saturated heterocycles. The summed E-state index contributed by atoms with van der Waals surface area (Å²) in [6, 6.07) is 12.5. The standard InChI is InChI=1S/C20H19N3O5/c1-26-14-4-2-3-12(9-14)19-22-15-6-5-13(10-16(15)28-19)20(25)23-7-8-27-17(11-23)18(21)24/h2-6,9-10,17H,7-8,11H2,1H3,(H2,21,24). The zero-order valence-electron chi connectivity index (χ0n) is 15.3. The Kier molecular flexibility index (Phi) is 4.70. The number of fused-ring (bicyclic) bond motifs is 1. The van der Waals surface area contributed by atoms with Crippen molar-refractivity contribution >= 4 is 22.9 Å². The van der Waals surface area contributed by atoms with E-state index in [2.05, 4.69) is 4.98 Å². The number of hydrogen-bond donors (Lipinski definition) is 1. The maximum Gasteiger partial charge on any atom is 0.254 e. The predicted octanol–water partition coefficient (Wildman–Crippen LogP) is 1.83. The molecule has 0 aliphatic carbocycles. The highest BCUT2D eigenvalue weighted by molar-refractivity contribution is 5.97. The van der Waals surface area contributed by atoms with E-state index in [0.29, 0.717) is 34.8 Å². The van der Waals surface area contributed by atoms with Crippen LogP contribution in [0.4, 0.5) is 0 Å². The first kappa shape index (κ1) is 18.0. The van der Waals surface area contributed by atoms with E-state index in [-0.39, 0.29) is 19.1 Å². The van der Waals surface area contributed by atoms with Gasteiger partial charge >= 0.3 is 0 Å². The third kappa shape index (κ3) is 3.41. The Balaban J connectivity index is 1.61. The number of morpholine rings is 1. The van der Waals surface area contributed by atoms with Gasteiger partial charge in [-0.15, -0.1) is 0 Å². The van der Waals surface area contributed by atoms with Crippen molar-refractivity contribution in [3.8, 4) is 17.2 Å². The Labute approximate surface area is 160 Å². The summed E-state index contributed by atoms with van der Waals surface area (Å²) in [7, 11) is 1.59. The van der Waals surface area contributed by atoms with Crippen molar-refractivity contribution in [2.75, 3.05) is 26.8 Å². The molecular formula is C20H19N3O5. The number of carbonyl (C=O) groups is 2. The summed E-state index contributed by atoms with van der Waals surface area (Å²) in [6.45, 7) is 0.799. The summed E-state index contributed by atoms with van der Waals surface area (Å²) in [6.07, 6.45) is -0.786. The van der Waals surface area contributed by atoms with Gasteiger partial charge in [0.05, 0.1) is 20.3 Å². The normalized spacial score (nSPS) is 16.9. The molecule has 2 heterocycles. The third-order valence-corrected chi connectivity index (χ3v) is 4.62. The van der Waals surface area contributed by atoms with E-state index in [1.54, 1.807) is 30.2 Å². The molecule has 28 heavy (non-hydrogen) atoms. The quantitative estimate of drug-likeness (QED) is 0.739. The molecule has 144 valence electrons. The molecule has 8 nitrogen and oxygen atoms in total. The fraction of sp³-hybridized carbons (Fsp3) is 0.250. The molecule has 0 saturated carbocycles. The average molecular weight is 381 g/mol. The lowest BCUT2D eigenvalue weighted by atomic mass is 10.1. The molecule has 1 aromatic heterocycles. The number of oxazole rings is 1. The molecule has 1 aliphatic heterocycles. The van der Waals surface area contributed by atoms with Gasteiger partial charge in [-0.2, -0.15) is 0 Å². The highest BCUT2D eigenvalue weighted by Crippen LogP contribution is 2.27. The van der Waals surface area contributed by atoms with Crippen LogP contribution in [-0.2, 0) is 9.53 Å². The number of amides is 2. The van der Waals surface area contributed by atoms with Crippen molar-refractivity contribution in [1.82, 2.24) is 9.88 Å². The molecule has 4 rings (SSSR count). The van der Waals surface area contributed by atoms with Crippen LogP contribution >= 0.6 is 0 Å². The second-order valence-electron chi connectivity index (χ2n) is 6.45. The van der Waals surface area contributed by atoms with Crippen LogP contribution in [0, 0.1) is 0 Å². The predicted molar refractivity (Wildman–Crippen MR) is 101 cm³/mol. The van der Waals surface area contributed by atoms with Gasteiger partial charge in [0.25, 0.3) is 5.91 Å². The number of nitrogens with two attached hydrogens (primary N) is 1. The van der Waals surface area contributed by atoms with Gasteiger partial charge in [-0.1, -0.05) is 6.07 Å². The number of hydrogen-bond acceptors (Lipinski definition) is 6. The molecule has 1 fully saturated rings. The molecular weight excluding hydrogens is 362 g/mol. The van der Waals surface area contributed by atoms with Crippen LogP contribution in [0.25, 0.3) is 22.6 Å². The van der Waals surface area contributed by atoms with Gasteiger partial charge < -0.3 is 24.5 Å². The van der Waals surface area contributed by atoms with Gasteiger partial charge in [0, 0.05) is 17.7 Å². The SMILES string of the molecule is COc1cccc(-c2nc3ccc(C(=O)N4CCOC(C(N)=O)C4)cc3o2)c1. The largest absolute Gasteiger partial charge is 0.497 e. The van der Waals surface area contributed by atoms with E-state index < -0.39 is 12.0 Å². The molecule has 0 bridgehead atoms. The van der Waals surface area contributed by atoms with E-state index >= 15 is 0 Å². The van der Waals surface area contributed by atoms with E-state index in [1.165, 1.54) is 0 Å². The highest BCUT2D eigenvalue weighted by atomic mass is 16.5. The summed E-state index contributed by atoms with van der Waals surface area (Å²) in [5.41, 5.74) is 7.66. The molecule has 1 unspecified atom stereocenters. The molecule has 2 aromatic carbocycles. The Bertz CT molecular complexity index is 1050. The van der Waals surface area contributed by atoms with Gasteiger partial charge in [0.1, 0.15) is 11.3 Å². The summed E-state index contributed by atoms with van der Waals surface area (Å²) < 4.78 is 16.4. The first-order valence-corrected chi connectivity index (χ1v) is 8.80. The van der Waals surface area contributed by atoms with Crippen molar-refractivity contribution in [2.24, 2.45) is 5.73 Å². The van der Waals surface area contributed by atoms with Crippen molar-refractivity contribution in [3.05, 3.63) is 48.0 Å². The summed E-state index contributed by atoms with van der Waals surface area (Å²) >= 11 is 0. The Hall–Kier alpha value is -3.39.